The SMILES string of the molecule is CC[C@H]1OC(=O)[C@H](C)[C@@H](C2C[C@@](C)(OC)[C@@H](O)[C@H](C)O2)[C@H](C)[C@@H](O[C@@H]2O[C@H](C)C[C@H](N(C)CCc3cn([C@H](CF)[C@H](OC)c4ccc(S(=O)(=O)CF)cc4)nn3)[C@H]2O)[C@](C)(O)C[C@@H](C)CN(C)[C@H](C)[C@@H](O)[C@]1(C)O. The zero-order valence-electron chi connectivity index (χ0n) is 45.9. The number of benzene rings is 1. The first-order valence-electron chi connectivity index (χ1n) is 26.0. The van der Waals surface area contributed by atoms with Crippen molar-refractivity contribution >= 4 is 15.8 Å². The van der Waals surface area contributed by atoms with Gasteiger partial charge >= 0.3 is 5.97 Å². The number of cyclic esters (lactones) is 1. The van der Waals surface area contributed by atoms with Crippen molar-refractivity contribution in [2.45, 2.75) is 202 Å². The summed E-state index contributed by atoms with van der Waals surface area (Å²) in [5, 5.41) is 68.6. The van der Waals surface area contributed by atoms with E-state index in [9.17, 15) is 47.5 Å². The monoisotopic (exact) mass is 1080 g/mol. The molecule has 2 aromatic rings. The van der Waals surface area contributed by atoms with Crippen LogP contribution < -0.4 is 0 Å². The molecule has 0 spiro atoms. The van der Waals surface area contributed by atoms with Crippen molar-refractivity contribution in [3.8, 4) is 0 Å². The Morgan fingerprint density at radius 1 is 0.973 bits per heavy atom. The second-order valence-electron chi connectivity index (χ2n) is 22.4. The molecule has 0 aliphatic carbocycles. The Labute approximate surface area is 437 Å². The van der Waals surface area contributed by atoms with Gasteiger partial charge in [-0.15, -0.1) is 5.10 Å². The van der Waals surface area contributed by atoms with Crippen molar-refractivity contribution in [3.63, 3.8) is 0 Å². The van der Waals surface area contributed by atoms with E-state index in [2.05, 4.69) is 10.3 Å². The minimum Gasteiger partial charge on any atom is -0.459 e. The van der Waals surface area contributed by atoms with Crippen LogP contribution in [0.3, 0.4) is 0 Å². The summed E-state index contributed by atoms with van der Waals surface area (Å²) < 4.78 is 91.1. The van der Waals surface area contributed by atoms with Gasteiger partial charge in [0.15, 0.2) is 12.3 Å². The number of nitrogens with zero attached hydrogens (tertiary/aromatic N) is 5. The van der Waals surface area contributed by atoms with Gasteiger partial charge in [0.1, 0.15) is 48.8 Å². The number of ether oxygens (including phenoxy) is 6. The first-order valence-corrected chi connectivity index (χ1v) is 27.7. The lowest BCUT2D eigenvalue weighted by Crippen LogP contribution is -2.62. The van der Waals surface area contributed by atoms with Crippen LogP contribution in [0.1, 0.15) is 118 Å². The van der Waals surface area contributed by atoms with Crippen molar-refractivity contribution < 1.29 is 75.9 Å². The lowest BCUT2D eigenvalue weighted by atomic mass is 9.68. The van der Waals surface area contributed by atoms with Crippen LogP contribution in [-0.2, 0) is 49.5 Å². The minimum atomic E-state index is -4.10. The number of likely N-dealkylation sites (N-methyl/N-ethyl adjacent to an activating group) is 2. The van der Waals surface area contributed by atoms with Gasteiger partial charge in [0.05, 0.1) is 52.1 Å². The third kappa shape index (κ3) is 13.7. The van der Waals surface area contributed by atoms with Crippen LogP contribution in [-0.4, -0.2) is 203 Å². The van der Waals surface area contributed by atoms with Crippen LogP contribution in [0.4, 0.5) is 8.78 Å². The van der Waals surface area contributed by atoms with E-state index in [1.54, 1.807) is 47.7 Å². The topological polar surface area (TPSA) is 245 Å². The number of carbonyl (C=O) groups excluding carboxylic acids is 1. The summed E-state index contributed by atoms with van der Waals surface area (Å²) in [6, 6.07) is 1.73. The summed E-state index contributed by atoms with van der Waals surface area (Å²) in [6.07, 6.45) is -7.08. The average molecular weight is 1080 g/mol. The van der Waals surface area contributed by atoms with Gasteiger partial charge in [0.2, 0.25) is 9.84 Å². The van der Waals surface area contributed by atoms with E-state index < -0.39 is 142 Å². The maximum Gasteiger partial charge on any atom is 0.309 e. The minimum absolute atomic E-state index is 0.148. The molecular weight excluding hydrogens is 989 g/mol. The number of aliphatic hydroxyl groups is 5. The molecule has 424 valence electrons. The fourth-order valence-corrected chi connectivity index (χ4v) is 12.7. The van der Waals surface area contributed by atoms with Gasteiger partial charge in [-0.25, -0.2) is 21.9 Å². The van der Waals surface area contributed by atoms with E-state index >= 15 is 0 Å². The fraction of sp³-hybridized carbons (Fsp3) is 0.827. The number of aliphatic hydroxyl groups excluding tert-OH is 3. The second-order valence-corrected chi connectivity index (χ2v) is 24.3. The maximum atomic E-state index is 14.8. The molecule has 19 nitrogen and oxygen atoms in total. The number of rotatable bonds is 16. The Kier molecular flexibility index (Phi) is 21.2. The smallest absolute Gasteiger partial charge is 0.309 e. The third-order valence-corrected chi connectivity index (χ3v) is 17.8. The van der Waals surface area contributed by atoms with Gasteiger partial charge < -0.3 is 63.8 Å². The summed E-state index contributed by atoms with van der Waals surface area (Å²) in [5.41, 5.74) is -3.62. The van der Waals surface area contributed by atoms with Gasteiger partial charge in [-0.1, -0.05) is 45.0 Å². The number of halogens is 2. The highest BCUT2D eigenvalue weighted by molar-refractivity contribution is 7.91. The molecular formula is C52H87F2N5O14S. The molecule has 20 atom stereocenters. The van der Waals surface area contributed by atoms with Crippen molar-refractivity contribution in [2.24, 2.45) is 23.7 Å². The van der Waals surface area contributed by atoms with Crippen LogP contribution in [0.5, 0.6) is 0 Å². The van der Waals surface area contributed by atoms with Gasteiger partial charge in [-0.05, 0) is 104 Å². The zero-order valence-corrected chi connectivity index (χ0v) is 46.7. The lowest BCUT2D eigenvalue weighted by molar-refractivity contribution is -0.302. The first-order chi connectivity index (χ1) is 34.5. The van der Waals surface area contributed by atoms with Crippen molar-refractivity contribution in [2.75, 3.05) is 54.1 Å². The van der Waals surface area contributed by atoms with Crippen LogP contribution >= 0.6 is 0 Å². The van der Waals surface area contributed by atoms with Crippen LogP contribution in [0.2, 0.25) is 0 Å². The van der Waals surface area contributed by atoms with E-state index in [1.807, 2.05) is 44.7 Å². The van der Waals surface area contributed by atoms with E-state index in [1.165, 1.54) is 50.1 Å². The molecule has 5 rings (SSSR count). The molecule has 3 aliphatic heterocycles. The molecule has 1 aromatic carbocycles. The fourth-order valence-electron chi connectivity index (χ4n) is 12.0. The van der Waals surface area contributed by atoms with E-state index in [0.717, 1.165) is 0 Å². The number of sulfone groups is 1. The lowest BCUT2D eigenvalue weighted by Gasteiger charge is -2.51. The highest BCUT2D eigenvalue weighted by Gasteiger charge is 2.55. The largest absolute Gasteiger partial charge is 0.459 e. The van der Waals surface area contributed by atoms with Crippen LogP contribution in [0.25, 0.3) is 0 Å². The second kappa shape index (κ2) is 25.3. The van der Waals surface area contributed by atoms with E-state index in [0.29, 0.717) is 37.2 Å². The Morgan fingerprint density at radius 2 is 1.62 bits per heavy atom. The summed E-state index contributed by atoms with van der Waals surface area (Å²) in [6.45, 7) is 17.4. The predicted octanol–water partition coefficient (Wildman–Crippen LogP) is 3.98. The molecule has 3 saturated heterocycles. The van der Waals surface area contributed by atoms with Crippen LogP contribution in [0, 0.1) is 23.7 Å². The number of alkyl halides is 2. The standard InChI is InChI=1S/C52H87F2N5O14S/c1-15-41-52(10,65)45(61)33(6)58(12)26-29(2)23-50(8,64)47(31(4)42(32(5)48(63)72-41)40-24-51(9,69-14)46(62)34(7)71-40)73-49-43(60)38(22-30(3)70-49)57(11)21-20-36-27-59(56-55-36)39(25-53)44(68-13)35-16-18-37(19-17-35)74(66,67)28-54/h16-19,27,29-34,38-47,49,60-62,64-65H,15,20-26,28H2,1-14H3/t29-,30-,31+,32-,33-,34+,38+,39-,40?,41-,42+,43-,44-,45-,46+,47-,49+,50-,51-,52-/m1/s1. The molecule has 0 amide bonds. The Hall–Kier alpha value is -2.84. The molecule has 4 heterocycles. The Balaban J connectivity index is 1.45. The third-order valence-electron chi connectivity index (χ3n) is 16.6. The predicted molar refractivity (Wildman–Crippen MR) is 270 cm³/mol. The number of aromatic nitrogens is 3. The van der Waals surface area contributed by atoms with E-state index in [4.69, 9.17) is 28.4 Å². The molecule has 0 radical (unpaired) electrons. The molecule has 0 saturated carbocycles. The molecule has 1 aromatic heterocycles. The number of methoxy groups -OCH3 is 2. The highest BCUT2D eigenvalue weighted by atomic mass is 32.2. The Morgan fingerprint density at radius 3 is 2.20 bits per heavy atom. The molecule has 3 fully saturated rings. The summed E-state index contributed by atoms with van der Waals surface area (Å²) in [7, 11) is 2.46. The Bertz CT molecular complexity index is 2210. The van der Waals surface area contributed by atoms with Gasteiger partial charge in [-0.3, -0.25) is 4.79 Å². The van der Waals surface area contributed by atoms with Gasteiger partial charge in [0.25, 0.3) is 0 Å². The molecule has 0 bridgehead atoms. The number of carbonyl (C=O) groups is 1. The van der Waals surface area contributed by atoms with Crippen molar-refractivity contribution in [1.82, 2.24) is 24.8 Å². The molecule has 74 heavy (non-hydrogen) atoms. The van der Waals surface area contributed by atoms with Gasteiger partial charge in [-0.2, -0.15) is 0 Å². The number of esters is 1. The van der Waals surface area contributed by atoms with Crippen LogP contribution in [0.15, 0.2) is 35.4 Å². The number of hydrogen-bond acceptors (Lipinski definition) is 18. The van der Waals surface area contributed by atoms with E-state index in [-0.39, 0.29) is 30.1 Å². The molecule has 5 N–H and O–H groups in total. The summed E-state index contributed by atoms with van der Waals surface area (Å²) >= 11 is 0. The normalized spacial score (nSPS) is 39.5. The molecule has 3 aliphatic rings. The van der Waals surface area contributed by atoms with Crippen molar-refractivity contribution in [1.29, 1.82) is 0 Å². The zero-order chi connectivity index (χ0) is 55.4. The van der Waals surface area contributed by atoms with Gasteiger partial charge in [0, 0.05) is 64.3 Å². The highest BCUT2D eigenvalue weighted by Crippen LogP contribution is 2.45. The molecule has 1 unspecified atom stereocenters. The number of hydrogen-bond donors (Lipinski definition) is 5. The summed E-state index contributed by atoms with van der Waals surface area (Å²) in [5.74, 6) is -3.39. The van der Waals surface area contributed by atoms with Crippen molar-refractivity contribution in [3.05, 3.63) is 41.7 Å². The summed E-state index contributed by atoms with van der Waals surface area (Å²) in [4.78, 5) is 18.3. The maximum absolute atomic E-state index is 14.8. The first kappa shape index (κ1) is 62.0. The average Bonchev–Trinajstić information content (AvgIpc) is 3.82. The molecule has 22 heteroatoms. The quantitative estimate of drug-likeness (QED) is 0.149.